The molecule has 0 N–H and O–H groups in total. The van der Waals surface area contributed by atoms with Crippen LogP contribution in [0.4, 0.5) is 0 Å². The lowest BCUT2D eigenvalue weighted by atomic mass is 9.99. The number of carbonyl (C=O) groups excluding carboxylic acids is 1. The lowest BCUT2D eigenvalue weighted by Gasteiger charge is -2.16. The molecule has 2 heteroatoms. The van der Waals surface area contributed by atoms with Gasteiger partial charge in [0.25, 0.3) is 0 Å². The number of rotatable bonds is 3. The van der Waals surface area contributed by atoms with E-state index < -0.39 is 0 Å². The van der Waals surface area contributed by atoms with Crippen molar-refractivity contribution in [1.82, 2.24) is 4.90 Å². The second kappa shape index (κ2) is 4.16. The average molecular weight is 155 g/mol. The SMILES string of the molecule is C=C(C(=O)N(C)C)[C@@H](C)CC. The van der Waals surface area contributed by atoms with Crippen LogP contribution in [-0.2, 0) is 4.79 Å². The van der Waals surface area contributed by atoms with Crippen LogP contribution < -0.4 is 0 Å². The molecule has 0 unspecified atom stereocenters. The van der Waals surface area contributed by atoms with Crippen LogP contribution in [0, 0.1) is 5.92 Å². The topological polar surface area (TPSA) is 20.3 Å². The van der Waals surface area contributed by atoms with Gasteiger partial charge in [0.05, 0.1) is 0 Å². The lowest BCUT2D eigenvalue weighted by molar-refractivity contribution is -0.125. The van der Waals surface area contributed by atoms with E-state index in [1.54, 1.807) is 19.0 Å². The van der Waals surface area contributed by atoms with Gasteiger partial charge in [-0.25, -0.2) is 0 Å². The van der Waals surface area contributed by atoms with Crippen LogP contribution in [0.15, 0.2) is 12.2 Å². The summed E-state index contributed by atoms with van der Waals surface area (Å²) >= 11 is 0. The van der Waals surface area contributed by atoms with Crippen molar-refractivity contribution < 1.29 is 4.79 Å². The fraction of sp³-hybridized carbons (Fsp3) is 0.667. The smallest absolute Gasteiger partial charge is 0.248 e. The fourth-order valence-corrected chi connectivity index (χ4v) is 0.744. The molecule has 0 aliphatic heterocycles. The van der Waals surface area contributed by atoms with Gasteiger partial charge in [-0.15, -0.1) is 0 Å². The third-order valence-electron chi connectivity index (χ3n) is 1.89. The molecule has 0 aliphatic carbocycles. The Balaban J connectivity index is 4.14. The van der Waals surface area contributed by atoms with Crippen LogP contribution in [-0.4, -0.2) is 24.9 Å². The summed E-state index contributed by atoms with van der Waals surface area (Å²) in [4.78, 5) is 12.8. The van der Waals surface area contributed by atoms with E-state index in [0.717, 1.165) is 6.42 Å². The van der Waals surface area contributed by atoms with Crippen molar-refractivity contribution in [3.05, 3.63) is 12.2 Å². The van der Waals surface area contributed by atoms with Gasteiger partial charge in [-0.2, -0.15) is 0 Å². The summed E-state index contributed by atoms with van der Waals surface area (Å²) in [5.41, 5.74) is 0.706. The highest BCUT2D eigenvalue weighted by molar-refractivity contribution is 5.92. The Morgan fingerprint density at radius 3 is 2.27 bits per heavy atom. The number of carbonyl (C=O) groups is 1. The van der Waals surface area contributed by atoms with E-state index in [9.17, 15) is 4.79 Å². The van der Waals surface area contributed by atoms with E-state index in [-0.39, 0.29) is 5.91 Å². The number of hydrogen-bond acceptors (Lipinski definition) is 1. The van der Waals surface area contributed by atoms with Crippen LogP contribution in [0.25, 0.3) is 0 Å². The highest BCUT2D eigenvalue weighted by atomic mass is 16.2. The van der Waals surface area contributed by atoms with Gasteiger partial charge < -0.3 is 4.90 Å². The molecule has 0 radical (unpaired) electrons. The van der Waals surface area contributed by atoms with E-state index in [1.807, 2.05) is 6.92 Å². The molecule has 0 aliphatic rings. The maximum atomic E-state index is 11.3. The van der Waals surface area contributed by atoms with E-state index in [2.05, 4.69) is 13.5 Å². The van der Waals surface area contributed by atoms with Gasteiger partial charge >= 0.3 is 0 Å². The standard InChI is InChI=1S/C9H17NO/c1-6-7(2)8(3)9(11)10(4)5/h7H,3,6H2,1-2,4-5H3/t7-/m0/s1. The molecule has 0 rings (SSSR count). The van der Waals surface area contributed by atoms with Crippen LogP contribution in [0.5, 0.6) is 0 Å². The molecule has 0 saturated carbocycles. The van der Waals surface area contributed by atoms with Crippen molar-refractivity contribution in [2.75, 3.05) is 14.1 Å². The Hall–Kier alpha value is -0.790. The van der Waals surface area contributed by atoms with Crippen LogP contribution in [0.3, 0.4) is 0 Å². The zero-order valence-corrected chi connectivity index (χ0v) is 7.85. The highest BCUT2D eigenvalue weighted by Crippen LogP contribution is 2.13. The van der Waals surface area contributed by atoms with Crippen molar-refractivity contribution in [1.29, 1.82) is 0 Å². The first-order chi connectivity index (χ1) is 5.00. The first-order valence-corrected chi connectivity index (χ1v) is 3.91. The van der Waals surface area contributed by atoms with Gasteiger partial charge in [0.2, 0.25) is 5.91 Å². The Kier molecular flexibility index (Phi) is 3.86. The molecule has 0 spiro atoms. The third-order valence-corrected chi connectivity index (χ3v) is 1.89. The van der Waals surface area contributed by atoms with E-state index in [0.29, 0.717) is 11.5 Å². The molecular weight excluding hydrogens is 138 g/mol. The van der Waals surface area contributed by atoms with Crippen LogP contribution >= 0.6 is 0 Å². The molecule has 0 aromatic carbocycles. The quantitative estimate of drug-likeness (QED) is 0.568. The van der Waals surface area contributed by atoms with Crippen molar-refractivity contribution in [2.45, 2.75) is 20.3 Å². The van der Waals surface area contributed by atoms with Crippen molar-refractivity contribution in [2.24, 2.45) is 5.92 Å². The van der Waals surface area contributed by atoms with Crippen LogP contribution in [0.2, 0.25) is 0 Å². The summed E-state index contributed by atoms with van der Waals surface area (Å²) in [7, 11) is 3.49. The molecule has 0 aromatic heterocycles. The van der Waals surface area contributed by atoms with Gasteiger partial charge in [0, 0.05) is 19.7 Å². The summed E-state index contributed by atoms with van der Waals surface area (Å²) in [5, 5.41) is 0. The largest absolute Gasteiger partial charge is 0.345 e. The zero-order chi connectivity index (χ0) is 9.02. The van der Waals surface area contributed by atoms with Gasteiger partial charge in [-0.1, -0.05) is 20.4 Å². The zero-order valence-electron chi connectivity index (χ0n) is 7.85. The number of hydrogen-bond donors (Lipinski definition) is 0. The molecule has 0 aromatic rings. The number of likely N-dealkylation sites (N-methyl/N-ethyl adjacent to an activating group) is 1. The van der Waals surface area contributed by atoms with Gasteiger partial charge in [0.15, 0.2) is 0 Å². The molecule has 0 bridgehead atoms. The third kappa shape index (κ3) is 2.74. The Morgan fingerprint density at radius 2 is 2.00 bits per heavy atom. The molecule has 0 heterocycles. The van der Waals surface area contributed by atoms with Crippen LogP contribution in [0.1, 0.15) is 20.3 Å². The predicted molar refractivity (Wildman–Crippen MR) is 47.3 cm³/mol. The Labute approximate surface area is 68.9 Å². The molecule has 1 atom stereocenters. The van der Waals surface area contributed by atoms with E-state index in [4.69, 9.17) is 0 Å². The minimum Gasteiger partial charge on any atom is -0.345 e. The molecule has 2 nitrogen and oxygen atoms in total. The summed E-state index contributed by atoms with van der Waals surface area (Å²) in [6.07, 6.45) is 0.971. The molecule has 1 amide bonds. The summed E-state index contributed by atoms with van der Waals surface area (Å²) in [6, 6.07) is 0. The Bertz CT molecular complexity index is 161. The summed E-state index contributed by atoms with van der Waals surface area (Å²) < 4.78 is 0. The van der Waals surface area contributed by atoms with Crippen molar-refractivity contribution in [3.8, 4) is 0 Å². The number of amides is 1. The maximum absolute atomic E-state index is 11.3. The maximum Gasteiger partial charge on any atom is 0.248 e. The van der Waals surface area contributed by atoms with Crippen molar-refractivity contribution >= 4 is 5.91 Å². The fourth-order valence-electron chi connectivity index (χ4n) is 0.744. The summed E-state index contributed by atoms with van der Waals surface area (Å²) in [5.74, 6) is 0.337. The molecule has 0 saturated heterocycles. The van der Waals surface area contributed by atoms with Crippen molar-refractivity contribution in [3.63, 3.8) is 0 Å². The predicted octanol–water partition coefficient (Wildman–Crippen LogP) is 1.68. The van der Waals surface area contributed by atoms with Gasteiger partial charge in [-0.05, 0) is 12.3 Å². The summed E-state index contributed by atoms with van der Waals surface area (Å²) in [6.45, 7) is 7.83. The molecule has 11 heavy (non-hydrogen) atoms. The second-order valence-electron chi connectivity index (χ2n) is 3.03. The highest BCUT2D eigenvalue weighted by Gasteiger charge is 2.13. The number of nitrogens with zero attached hydrogens (tertiary/aromatic N) is 1. The first-order valence-electron chi connectivity index (χ1n) is 3.91. The normalized spacial score (nSPS) is 12.4. The molecule has 64 valence electrons. The first kappa shape index (κ1) is 10.2. The van der Waals surface area contributed by atoms with E-state index in [1.165, 1.54) is 0 Å². The molecule has 0 fully saturated rings. The Morgan fingerprint density at radius 1 is 1.55 bits per heavy atom. The minimum atomic E-state index is 0.0411. The lowest BCUT2D eigenvalue weighted by Crippen LogP contribution is -2.25. The average Bonchev–Trinajstić information content (AvgIpc) is 2.00. The second-order valence-corrected chi connectivity index (χ2v) is 3.03. The monoisotopic (exact) mass is 155 g/mol. The van der Waals surface area contributed by atoms with Gasteiger partial charge in [-0.3, -0.25) is 4.79 Å². The van der Waals surface area contributed by atoms with Gasteiger partial charge in [0.1, 0.15) is 0 Å². The molecular formula is C9H17NO. The van der Waals surface area contributed by atoms with E-state index >= 15 is 0 Å². The minimum absolute atomic E-state index is 0.0411.